The SMILES string of the molecule is CC1=C(C(=O)OC(C)C)C(c2cn(-c3ccccc3)nc2-c2ccc3c(c2)OCCO3)C(C(=O)OC(C)C)=C(C)N1. The monoisotopic (exact) mass is 557 g/mol. The number of aromatic nitrogens is 2. The van der Waals surface area contributed by atoms with E-state index in [1.807, 2.05) is 68.6 Å². The number of rotatable bonds is 7. The van der Waals surface area contributed by atoms with Crippen molar-refractivity contribution in [2.24, 2.45) is 0 Å². The van der Waals surface area contributed by atoms with E-state index in [-0.39, 0.29) is 12.2 Å². The second-order valence-corrected chi connectivity index (χ2v) is 10.6. The van der Waals surface area contributed by atoms with Crippen LogP contribution in [0.5, 0.6) is 11.5 Å². The quantitative estimate of drug-likeness (QED) is 0.383. The summed E-state index contributed by atoms with van der Waals surface area (Å²) in [7, 11) is 0. The van der Waals surface area contributed by atoms with Gasteiger partial charge in [-0.05, 0) is 71.9 Å². The van der Waals surface area contributed by atoms with E-state index in [2.05, 4.69) is 5.32 Å². The number of para-hydroxylation sites is 1. The zero-order valence-electron chi connectivity index (χ0n) is 24.2. The summed E-state index contributed by atoms with van der Waals surface area (Å²) in [5, 5.41) is 8.20. The highest BCUT2D eigenvalue weighted by molar-refractivity contribution is 6.00. The van der Waals surface area contributed by atoms with E-state index in [9.17, 15) is 9.59 Å². The Morgan fingerprint density at radius 3 is 2.05 bits per heavy atom. The predicted molar refractivity (Wildman–Crippen MR) is 154 cm³/mol. The molecule has 0 atom stereocenters. The molecule has 2 aromatic carbocycles. The van der Waals surface area contributed by atoms with E-state index in [1.165, 1.54) is 0 Å². The number of carbonyl (C=O) groups excluding carboxylic acids is 2. The number of fused-ring (bicyclic) bond motifs is 1. The number of benzene rings is 2. The third-order valence-corrected chi connectivity index (χ3v) is 6.78. The zero-order chi connectivity index (χ0) is 29.3. The van der Waals surface area contributed by atoms with Crippen molar-refractivity contribution in [1.82, 2.24) is 15.1 Å². The molecule has 0 saturated heterocycles. The van der Waals surface area contributed by atoms with Crippen molar-refractivity contribution < 1.29 is 28.5 Å². The summed E-state index contributed by atoms with van der Waals surface area (Å²) in [6, 6.07) is 15.3. The van der Waals surface area contributed by atoms with E-state index >= 15 is 0 Å². The van der Waals surface area contributed by atoms with Crippen LogP contribution in [0.2, 0.25) is 0 Å². The van der Waals surface area contributed by atoms with E-state index in [1.54, 1.807) is 32.4 Å². The fourth-order valence-electron chi connectivity index (χ4n) is 5.13. The number of carbonyl (C=O) groups is 2. The maximum Gasteiger partial charge on any atom is 0.337 e. The molecular weight excluding hydrogens is 522 g/mol. The molecule has 9 heteroatoms. The first-order valence-corrected chi connectivity index (χ1v) is 13.8. The van der Waals surface area contributed by atoms with Gasteiger partial charge >= 0.3 is 11.9 Å². The molecule has 3 aromatic rings. The highest BCUT2D eigenvalue weighted by Crippen LogP contribution is 2.44. The van der Waals surface area contributed by atoms with Gasteiger partial charge in [-0.3, -0.25) is 0 Å². The summed E-state index contributed by atoms with van der Waals surface area (Å²) >= 11 is 0. The zero-order valence-corrected chi connectivity index (χ0v) is 24.2. The van der Waals surface area contributed by atoms with Gasteiger partial charge in [0, 0.05) is 28.7 Å². The lowest BCUT2D eigenvalue weighted by atomic mass is 9.79. The van der Waals surface area contributed by atoms with Crippen LogP contribution in [0, 0.1) is 0 Å². The minimum absolute atomic E-state index is 0.325. The maximum absolute atomic E-state index is 13.7. The molecule has 0 spiro atoms. The summed E-state index contributed by atoms with van der Waals surface area (Å²) in [5.74, 6) is -0.582. The van der Waals surface area contributed by atoms with E-state index < -0.39 is 17.9 Å². The number of allylic oxidation sites excluding steroid dienone is 2. The minimum atomic E-state index is -0.811. The van der Waals surface area contributed by atoms with Crippen LogP contribution in [0.15, 0.2) is 77.3 Å². The molecule has 1 N–H and O–H groups in total. The van der Waals surface area contributed by atoms with Crippen LogP contribution in [-0.2, 0) is 19.1 Å². The number of dihydropyridines is 1. The molecule has 41 heavy (non-hydrogen) atoms. The highest BCUT2D eigenvalue weighted by atomic mass is 16.6. The average Bonchev–Trinajstić information content (AvgIpc) is 3.37. The normalized spacial score (nSPS) is 15.3. The number of esters is 2. The Kier molecular flexibility index (Phi) is 7.88. The van der Waals surface area contributed by atoms with Crippen LogP contribution < -0.4 is 14.8 Å². The minimum Gasteiger partial charge on any atom is -0.486 e. The molecule has 214 valence electrons. The lowest BCUT2D eigenvalue weighted by Gasteiger charge is -2.31. The molecular formula is C32H35N3O6. The van der Waals surface area contributed by atoms with Crippen LogP contribution in [-0.4, -0.2) is 47.1 Å². The standard InChI is InChI=1S/C32H35N3O6/c1-18(2)40-31(36)27-20(5)33-21(6)28(32(37)41-19(3)4)29(27)24-17-35(23-10-8-7-9-11-23)34-30(24)22-12-13-25-26(16-22)39-15-14-38-25/h7-13,16-19,29,33H,14-15H2,1-6H3. The number of nitrogens with one attached hydrogen (secondary N) is 1. The second-order valence-electron chi connectivity index (χ2n) is 10.6. The molecule has 0 aliphatic carbocycles. The predicted octanol–water partition coefficient (Wildman–Crippen LogP) is 5.45. The molecule has 1 aromatic heterocycles. The molecule has 2 aliphatic rings. The van der Waals surface area contributed by atoms with E-state index in [4.69, 9.17) is 24.0 Å². The molecule has 5 rings (SSSR count). The Bertz CT molecular complexity index is 1490. The first kappa shape index (κ1) is 28.0. The van der Waals surface area contributed by atoms with Crippen molar-refractivity contribution in [1.29, 1.82) is 0 Å². The summed E-state index contributed by atoms with van der Waals surface area (Å²) < 4.78 is 24.7. The number of hydrogen-bond acceptors (Lipinski definition) is 8. The Hall–Kier alpha value is -4.53. The molecule has 0 saturated carbocycles. The summed E-state index contributed by atoms with van der Waals surface area (Å²) in [5.41, 5.74) is 4.66. The molecule has 0 amide bonds. The van der Waals surface area contributed by atoms with Crippen LogP contribution in [0.25, 0.3) is 16.9 Å². The van der Waals surface area contributed by atoms with Crippen molar-refractivity contribution in [3.05, 3.63) is 82.8 Å². The van der Waals surface area contributed by atoms with Gasteiger partial charge in [0.05, 0.1) is 40.7 Å². The van der Waals surface area contributed by atoms with E-state index in [0.29, 0.717) is 58.5 Å². The largest absolute Gasteiger partial charge is 0.486 e. The van der Waals surface area contributed by atoms with Gasteiger partial charge in [0.25, 0.3) is 0 Å². The van der Waals surface area contributed by atoms with Crippen LogP contribution in [0.3, 0.4) is 0 Å². The smallest absolute Gasteiger partial charge is 0.337 e. The second kappa shape index (κ2) is 11.5. The summed E-state index contributed by atoms with van der Waals surface area (Å²) in [6.07, 6.45) is 1.15. The topological polar surface area (TPSA) is 101 Å². The lowest BCUT2D eigenvalue weighted by Crippen LogP contribution is -2.33. The van der Waals surface area contributed by atoms with Crippen molar-refractivity contribution in [2.75, 3.05) is 13.2 Å². The van der Waals surface area contributed by atoms with E-state index in [0.717, 1.165) is 11.3 Å². The van der Waals surface area contributed by atoms with Crippen molar-refractivity contribution in [3.63, 3.8) is 0 Å². The van der Waals surface area contributed by atoms with Gasteiger partial charge < -0.3 is 24.3 Å². The first-order valence-electron chi connectivity index (χ1n) is 13.8. The fraction of sp³-hybridized carbons (Fsp3) is 0.344. The van der Waals surface area contributed by atoms with Crippen LogP contribution in [0.4, 0.5) is 0 Å². The van der Waals surface area contributed by atoms with Gasteiger partial charge in [0.2, 0.25) is 0 Å². The first-order chi connectivity index (χ1) is 19.6. The Morgan fingerprint density at radius 2 is 1.46 bits per heavy atom. The van der Waals surface area contributed by atoms with Crippen molar-refractivity contribution in [3.8, 4) is 28.4 Å². The molecule has 0 fully saturated rings. The number of hydrogen-bond donors (Lipinski definition) is 1. The Balaban J connectivity index is 1.76. The average molecular weight is 558 g/mol. The maximum atomic E-state index is 13.7. The fourth-order valence-corrected chi connectivity index (χ4v) is 5.13. The van der Waals surface area contributed by atoms with Crippen molar-refractivity contribution in [2.45, 2.75) is 59.7 Å². The van der Waals surface area contributed by atoms with Crippen LogP contribution >= 0.6 is 0 Å². The van der Waals surface area contributed by atoms with Gasteiger partial charge in [-0.1, -0.05) is 18.2 Å². The van der Waals surface area contributed by atoms with Gasteiger partial charge in [-0.15, -0.1) is 0 Å². The third-order valence-electron chi connectivity index (χ3n) is 6.78. The molecule has 9 nitrogen and oxygen atoms in total. The number of nitrogens with zero attached hydrogens (tertiary/aromatic N) is 2. The van der Waals surface area contributed by atoms with Gasteiger partial charge in [0.1, 0.15) is 13.2 Å². The Morgan fingerprint density at radius 1 is 0.878 bits per heavy atom. The van der Waals surface area contributed by atoms with Gasteiger partial charge in [0.15, 0.2) is 11.5 Å². The molecule has 2 aliphatic heterocycles. The molecule has 3 heterocycles. The highest BCUT2D eigenvalue weighted by Gasteiger charge is 2.41. The Labute approximate surface area is 239 Å². The molecule has 0 bridgehead atoms. The van der Waals surface area contributed by atoms with Crippen molar-refractivity contribution >= 4 is 11.9 Å². The van der Waals surface area contributed by atoms with Crippen LogP contribution in [0.1, 0.15) is 53.0 Å². The molecule has 0 unspecified atom stereocenters. The number of ether oxygens (including phenoxy) is 4. The summed E-state index contributed by atoms with van der Waals surface area (Å²) in [6.45, 7) is 11.7. The lowest BCUT2D eigenvalue weighted by molar-refractivity contribution is -0.143. The summed E-state index contributed by atoms with van der Waals surface area (Å²) in [4.78, 5) is 27.3. The van der Waals surface area contributed by atoms with Gasteiger partial charge in [-0.25, -0.2) is 14.3 Å². The van der Waals surface area contributed by atoms with Gasteiger partial charge in [-0.2, -0.15) is 5.10 Å². The molecule has 0 radical (unpaired) electrons. The third kappa shape index (κ3) is 5.70.